The average Bonchev–Trinajstić information content (AvgIpc) is 3.23. The van der Waals surface area contributed by atoms with Crippen LogP contribution in [0.3, 0.4) is 0 Å². The number of carbonyl (C=O) groups excluding carboxylic acids is 1. The average molecular weight is 343 g/mol. The number of carbonyl (C=O) groups is 1. The molecule has 136 valence electrons. The molecule has 3 saturated heterocycles. The first-order valence-electron chi connectivity index (χ1n) is 9.91. The molecule has 3 aliphatic rings. The minimum absolute atomic E-state index is 0.203. The molecule has 0 unspecified atom stereocenters. The van der Waals surface area contributed by atoms with Gasteiger partial charge in [-0.1, -0.05) is 0 Å². The molecule has 0 saturated carbocycles. The summed E-state index contributed by atoms with van der Waals surface area (Å²) in [7, 11) is 0. The number of amides is 1. The Hall–Kier alpha value is -1.85. The highest BCUT2D eigenvalue weighted by atomic mass is 16.2. The molecule has 6 nitrogen and oxygen atoms in total. The van der Waals surface area contributed by atoms with Gasteiger partial charge >= 0.3 is 0 Å². The molecule has 3 aliphatic heterocycles. The van der Waals surface area contributed by atoms with Gasteiger partial charge < -0.3 is 14.7 Å². The third-order valence-electron chi connectivity index (χ3n) is 5.93. The van der Waals surface area contributed by atoms with Crippen LogP contribution in [0.25, 0.3) is 0 Å². The monoisotopic (exact) mass is 343 g/mol. The van der Waals surface area contributed by atoms with Crippen LogP contribution in [-0.4, -0.2) is 60.0 Å². The van der Waals surface area contributed by atoms with Gasteiger partial charge in [-0.2, -0.15) is 0 Å². The predicted octanol–water partition coefficient (Wildman–Crippen LogP) is 2.31. The van der Waals surface area contributed by atoms with Gasteiger partial charge in [0, 0.05) is 45.2 Å². The molecule has 0 radical (unpaired) electrons. The second kappa shape index (κ2) is 7.58. The number of anilines is 2. The van der Waals surface area contributed by atoms with Crippen molar-refractivity contribution in [3.63, 3.8) is 0 Å². The Bertz CT molecular complexity index is 587. The minimum atomic E-state index is 0.203. The fourth-order valence-corrected chi connectivity index (χ4v) is 4.45. The van der Waals surface area contributed by atoms with Crippen molar-refractivity contribution >= 4 is 17.4 Å². The lowest BCUT2D eigenvalue weighted by Crippen LogP contribution is -2.44. The van der Waals surface area contributed by atoms with Crippen LogP contribution in [0.15, 0.2) is 12.5 Å². The standard InChI is InChI=1S/C19H29N5O/c25-19(24-10-2-1-3-11-24)16-6-12-22(13-7-16)17-14-20-15-21-18(17)23-8-4-5-9-23/h14-16H,1-13H2. The van der Waals surface area contributed by atoms with Crippen molar-refractivity contribution in [2.45, 2.75) is 44.9 Å². The smallest absolute Gasteiger partial charge is 0.225 e. The number of aromatic nitrogens is 2. The number of nitrogens with zero attached hydrogens (tertiary/aromatic N) is 5. The second-order valence-corrected chi connectivity index (χ2v) is 7.57. The van der Waals surface area contributed by atoms with Crippen molar-refractivity contribution in [2.24, 2.45) is 5.92 Å². The maximum Gasteiger partial charge on any atom is 0.225 e. The molecule has 25 heavy (non-hydrogen) atoms. The van der Waals surface area contributed by atoms with E-state index >= 15 is 0 Å². The molecule has 1 aromatic heterocycles. The van der Waals surface area contributed by atoms with Gasteiger partial charge in [0.05, 0.1) is 11.9 Å². The first-order valence-corrected chi connectivity index (χ1v) is 9.91. The normalized spacial score (nSPS) is 22.5. The molecular weight excluding hydrogens is 314 g/mol. The van der Waals surface area contributed by atoms with Crippen LogP contribution in [-0.2, 0) is 4.79 Å². The third kappa shape index (κ3) is 3.58. The number of hydrogen-bond acceptors (Lipinski definition) is 5. The van der Waals surface area contributed by atoms with E-state index in [-0.39, 0.29) is 5.92 Å². The lowest BCUT2D eigenvalue weighted by molar-refractivity contribution is -0.137. The lowest BCUT2D eigenvalue weighted by Gasteiger charge is -2.37. The summed E-state index contributed by atoms with van der Waals surface area (Å²) in [5.74, 6) is 1.67. The Balaban J connectivity index is 1.39. The maximum atomic E-state index is 12.7. The van der Waals surface area contributed by atoms with Gasteiger partial charge in [0.15, 0.2) is 5.82 Å². The summed E-state index contributed by atoms with van der Waals surface area (Å²) in [6.45, 7) is 5.97. The van der Waals surface area contributed by atoms with E-state index in [9.17, 15) is 4.79 Å². The number of likely N-dealkylation sites (tertiary alicyclic amines) is 1. The van der Waals surface area contributed by atoms with Crippen LogP contribution >= 0.6 is 0 Å². The highest BCUT2D eigenvalue weighted by Crippen LogP contribution is 2.32. The van der Waals surface area contributed by atoms with Crippen molar-refractivity contribution < 1.29 is 4.79 Å². The summed E-state index contributed by atoms with van der Waals surface area (Å²) in [6, 6.07) is 0. The highest BCUT2D eigenvalue weighted by Gasteiger charge is 2.30. The first-order chi connectivity index (χ1) is 12.3. The SMILES string of the molecule is O=C(C1CCN(c2cncnc2N2CCCC2)CC1)N1CCCCC1. The minimum Gasteiger partial charge on any atom is -0.367 e. The summed E-state index contributed by atoms with van der Waals surface area (Å²) in [4.78, 5) is 28.4. The van der Waals surface area contributed by atoms with Gasteiger partial charge in [0.25, 0.3) is 0 Å². The zero-order valence-corrected chi connectivity index (χ0v) is 15.1. The Labute approximate surface area is 150 Å². The fraction of sp³-hybridized carbons (Fsp3) is 0.737. The molecule has 0 N–H and O–H groups in total. The van der Waals surface area contributed by atoms with Crippen molar-refractivity contribution in [2.75, 3.05) is 49.1 Å². The Morgan fingerprint density at radius 2 is 1.56 bits per heavy atom. The van der Waals surface area contributed by atoms with Gasteiger partial charge in [-0.05, 0) is 44.9 Å². The van der Waals surface area contributed by atoms with Gasteiger partial charge in [0.2, 0.25) is 5.91 Å². The third-order valence-corrected chi connectivity index (χ3v) is 5.93. The van der Waals surface area contributed by atoms with Crippen molar-refractivity contribution in [1.29, 1.82) is 0 Å². The van der Waals surface area contributed by atoms with Crippen LogP contribution in [0.2, 0.25) is 0 Å². The van der Waals surface area contributed by atoms with Crippen LogP contribution in [0.1, 0.15) is 44.9 Å². The summed E-state index contributed by atoms with van der Waals surface area (Å²) in [6.07, 6.45) is 11.6. The van der Waals surface area contributed by atoms with E-state index in [1.807, 2.05) is 6.20 Å². The van der Waals surface area contributed by atoms with Crippen LogP contribution in [0.5, 0.6) is 0 Å². The molecule has 0 aliphatic carbocycles. The van der Waals surface area contributed by atoms with Gasteiger partial charge in [-0.3, -0.25) is 4.79 Å². The molecule has 0 atom stereocenters. The molecule has 4 heterocycles. The molecule has 1 amide bonds. The topological polar surface area (TPSA) is 52.6 Å². The van der Waals surface area contributed by atoms with Gasteiger partial charge in [0.1, 0.15) is 6.33 Å². The van der Waals surface area contributed by atoms with E-state index in [1.165, 1.54) is 32.1 Å². The van der Waals surface area contributed by atoms with Gasteiger partial charge in [-0.15, -0.1) is 0 Å². The Morgan fingerprint density at radius 1 is 0.880 bits per heavy atom. The lowest BCUT2D eigenvalue weighted by atomic mass is 9.94. The summed E-state index contributed by atoms with van der Waals surface area (Å²) in [5, 5.41) is 0. The molecule has 3 fully saturated rings. The van der Waals surface area contributed by atoms with E-state index in [0.29, 0.717) is 5.91 Å². The zero-order chi connectivity index (χ0) is 17.1. The molecular formula is C19H29N5O. The maximum absolute atomic E-state index is 12.7. The van der Waals surface area contributed by atoms with E-state index in [4.69, 9.17) is 0 Å². The van der Waals surface area contributed by atoms with Crippen LogP contribution < -0.4 is 9.80 Å². The second-order valence-electron chi connectivity index (χ2n) is 7.57. The molecule has 0 aromatic carbocycles. The fourth-order valence-electron chi connectivity index (χ4n) is 4.45. The molecule has 0 bridgehead atoms. The van der Waals surface area contributed by atoms with E-state index in [2.05, 4.69) is 24.7 Å². The van der Waals surface area contributed by atoms with Gasteiger partial charge in [-0.25, -0.2) is 9.97 Å². The Kier molecular flexibility index (Phi) is 5.04. The Morgan fingerprint density at radius 3 is 2.28 bits per heavy atom. The number of hydrogen-bond donors (Lipinski definition) is 0. The van der Waals surface area contributed by atoms with Crippen molar-refractivity contribution in [3.05, 3.63) is 12.5 Å². The predicted molar refractivity (Wildman–Crippen MR) is 98.8 cm³/mol. The van der Waals surface area contributed by atoms with E-state index in [0.717, 1.165) is 63.6 Å². The molecule has 0 spiro atoms. The molecule has 4 rings (SSSR count). The first kappa shape index (κ1) is 16.6. The summed E-state index contributed by atoms with van der Waals surface area (Å²) < 4.78 is 0. The largest absolute Gasteiger partial charge is 0.367 e. The zero-order valence-electron chi connectivity index (χ0n) is 15.1. The summed E-state index contributed by atoms with van der Waals surface area (Å²) in [5.41, 5.74) is 1.15. The van der Waals surface area contributed by atoms with Crippen molar-refractivity contribution in [1.82, 2.24) is 14.9 Å². The highest BCUT2D eigenvalue weighted by molar-refractivity contribution is 5.79. The number of piperidine rings is 2. The quantitative estimate of drug-likeness (QED) is 0.843. The summed E-state index contributed by atoms with van der Waals surface area (Å²) >= 11 is 0. The van der Waals surface area contributed by atoms with E-state index < -0.39 is 0 Å². The van der Waals surface area contributed by atoms with Crippen LogP contribution in [0, 0.1) is 5.92 Å². The van der Waals surface area contributed by atoms with E-state index in [1.54, 1.807) is 6.33 Å². The molecule has 6 heteroatoms. The molecule has 1 aromatic rings. The number of rotatable bonds is 3. The van der Waals surface area contributed by atoms with Crippen LogP contribution in [0.4, 0.5) is 11.5 Å². The van der Waals surface area contributed by atoms with Crippen molar-refractivity contribution in [3.8, 4) is 0 Å².